The van der Waals surface area contributed by atoms with Crippen LogP contribution in [0.3, 0.4) is 0 Å². The van der Waals surface area contributed by atoms with Crippen LogP contribution in [0.4, 0.5) is 0 Å². The van der Waals surface area contributed by atoms with Crippen LogP contribution in [-0.2, 0) is 29.0 Å². The molecular weight excluding hydrogens is 472 g/mol. The summed E-state index contributed by atoms with van der Waals surface area (Å²) in [6.45, 7) is 4.81. The summed E-state index contributed by atoms with van der Waals surface area (Å²) in [5.41, 5.74) is 3.03. The fourth-order valence-corrected chi connectivity index (χ4v) is 4.15. The van der Waals surface area contributed by atoms with Gasteiger partial charge in [-0.05, 0) is 53.8 Å². The van der Waals surface area contributed by atoms with Crippen LogP contribution < -0.4 is 10.1 Å². The molecule has 3 aromatic rings. The van der Waals surface area contributed by atoms with Crippen molar-refractivity contribution in [3.63, 3.8) is 0 Å². The minimum atomic E-state index is -0.693. The molecule has 1 N–H and O–H groups in total. The molecule has 0 heterocycles. The summed E-state index contributed by atoms with van der Waals surface area (Å²) >= 11 is 6.22. The van der Waals surface area contributed by atoms with E-state index < -0.39 is 6.04 Å². The number of hydrogen-bond donors (Lipinski definition) is 1. The lowest BCUT2D eigenvalue weighted by Crippen LogP contribution is -2.51. The molecule has 36 heavy (non-hydrogen) atoms. The molecule has 0 aliphatic heterocycles. The number of rotatable bonds is 13. The predicted octanol–water partition coefficient (Wildman–Crippen LogP) is 5.84. The summed E-state index contributed by atoms with van der Waals surface area (Å²) < 4.78 is 5.84. The number of nitrogens with one attached hydrogen (secondary N) is 1. The molecule has 0 radical (unpaired) electrons. The number of hydrogen-bond acceptors (Lipinski definition) is 3. The maximum absolute atomic E-state index is 13.6. The van der Waals surface area contributed by atoms with Gasteiger partial charge in [0.05, 0.1) is 0 Å². The van der Waals surface area contributed by atoms with E-state index in [-0.39, 0.29) is 25.0 Å². The monoisotopic (exact) mass is 506 g/mol. The lowest BCUT2D eigenvalue weighted by molar-refractivity contribution is -0.142. The smallest absolute Gasteiger partial charge is 0.261 e. The van der Waals surface area contributed by atoms with Gasteiger partial charge in [-0.2, -0.15) is 0 Å². The van der Waals surface area contributed by atoms with Crippen LogP contribution in [0.5, 0.6) is 5.75 Å². The summed E-state index contributed by atoms with van der Waals surface area (Å²) in [5, 5.41) is 3.61. The number of ether oxygens (including phenoxy) is 1. The number of unbranched alkanes of at least 4 members (excludes halogenated alkanes) is 1. The van der Waals surface area contributed by atoms with Crippen molar-refractivity contribution >= 4 is 23.4 Å². The van der Waals surface area contributed by atoms with Crippen molar-refractivity contribution in [1.82, 2.24) is 10.2 Å². The molecule has 0 spiro atoms. The first-order valence-corrected chi connectivity index (χ1v) is 12.9. The van der Waals surface area contributed by atoms with Crippen molar-refractivity contribution in [3.8, 4) is 5.75 Å². The van der Waals surface area contributed by atoms with Gasteiger partial charge in [-0.3, -0.25) is 9.59 Å². The number of amides is 2. The van der Waals surface area contributed by atoms with Crippen molar-refractivity contribution in [1.29, 1.82) is 0 Å². The highest BCUT2D eigenvalue weighted by atomic mass is 35.5. The normalized spacial score (nSPS) is 11.5. The van der Waals surface area contributed by atoms with Gasteiger partial charge in [0.25, 0.3) is 5.91 Å². The summed E-state index contributed by atoms with van der Waals surface area (Å²) in [5.74, 6) is 0.186. The Hall–Kier alpha value is -3.31. The average Bonchev–Trinajstić information content (AvgIpc) is 2.90. The van der Waals surface area contributed by atoms with Gasteiger partial charge >= 0.3 is 0 Å². The topological polar surface area (TPSA) is 58.6 Å². The second-order valence-electron chi connectivity index (χ2n) is 8.79. The molecule has 0 aliphatic carbocycles. The highest BCUT2D eigenvalue weighted by Crippen LogP contribution is 2.19. The molecule has 0 saturated heterocycles. The molecule has 3 aromatic carbocycles. The summed E-state index contributed by atoms with van der Waals surface area (Å²) in [4.78, 5) is 28.6. The largest absolute Gasteiger partial charge is 0.484 e. The summed E-state index contributed by atoms with van der Waals surface area (Å²) in [6, 6.07) is 24.1. The maximum Gasteiger partial charge on any atom is 0.261 e. The molecule has 0 aliphatic rings. The molecule has 0 fully saturated rings. The lowest BCUT2D eigenvalue weighted by atomic mass is 10.0. The van der Waals surface area contributed by atoms with Crippen molar-refractivity contribution in [3.05, 3.63) is 101 Å². The van der Waals surface area contributed by atoms with Crippen LogP contribution >= 0.6 is 11.6 Å². The highest BCUT2D eigenvalue weighted by Gasteiger charge is 2.30. The third-order valence-electron chi connectivity index (χ3n) is 6.04. The number of carbonyl (C=O) groups is 2. The molecule has 2 amide bonds. The molecule has 0 unspecified atom stereocenters. The molecule has 0 aromatic heterocycles. The second kappa shape index (κ2) is 14.3. The van der Waals surface area contributed by atoms with Crippen molar-refractivity contribution in [2.24, 2.45) is 0 Å². The van der Waals surface area contributed by atoms with Crippen LogP contribution in [0, 0.1) is 0 Å². The number of carbonyl (C=O) groups excluding carboxylic acids is 2. The third kappa shape index (κ3) is 8.42. The van der Waals surface area contributed by atoms with E-state index in [0.29, 0.717) is 23.7 Å². The molecule has 3 rings (SSSR count). The van der Waals surface area contributed by atoms with E-state index in [2.05, 4.69) is 19.2 Å². The minimum absolute atomic E-state index is 0.167. The Balaban J connectivity index is 1.86. The van der Waals surface area contributed by atoms with E-state index in [1.807, 2.05) is 72.8 Å². The van der Waals surface area contributed by atoms with Crippen molar-refractivity contribution in [2.45, 2.75) is 52.1 Å². The second-order valence-corrected chi connectivity index (χ2v) is 9.22. The maximum atomic E-state index is 13.6. The number of aryl methyl sites for hydroxylation is 1. The fraction of sp³-hybridized carbons (Fsp3) is 0.333. The standard InChI is InChI=1S/C30H35ClN2O3/c1-3-5-18-32-30(35)28(20-24-10-7-6-8-11-24)33(21-25-12-9-13-26(31)19-25)29(34)22-36-27-16-14-23(4-2)15-17-27/h6-17,19,28H,3-5,18,20-22H2,1-2H3,(H,32,35)/t28-/m1/s1. The Kier molecular flexibility index (Phi) is 10.8. The zero-order chi connectivity index (χ0) is 25.8. The van der Waals surface area contributed by atoms with Gasteiger partial charge in [0.15, 0.2) is 6.61 Å². The molecule has 0 saturated carbocycles. The molecule has 190 valence electrons. The van der Waals surface area contributed by atoms with Gasteiger partial charge < -0.3 is 15.0 Å². The van der Waals surface area contributed by atoms with Gasteiger partial charge in [-0.1, -0.05) is 86.5 Å². The zero-order valence-corrected chi connectivity index (χ0v) is 21.8. The highest BCUT2D eigenvalue weighted by molar-refractivity contribution is 6.30. The Morgan fingerprint density at radius 2 is 1.64 bits per heavy atom. The van der Waals surface area contributed by atoms with Gasteiger partial charge in [0.1, 0.15) is 11.8 Å². The van der Waals surface area contributed by atoms with E-state index in [1.165, 1.54) is 5.56 Å². The average molecular weight is 507 g/mol. The van der Waals surface area contributed by atoms with Gasteiger partial charge in [-0.15, -0.1) is 0 Å². The van der Waals surface area contributed by atoms with E-state index in [4.69, 9.17) is 16.3 Å². The van der Waals surface area contributed by atoms with E-state index in [1.54, 1.807) is 11.0 Å². The Morgan fingerprint density at radius 1 is 0.917 bits per heavy atom. The first kappa shape index (κ1) is 27.3. The quantitative estimate of drug-likeness (QED) is 0.296. The van der Waals surface area contributed by atoms with Crippen LogP contribution in [0.2, 0.25) is 5.02 Å². The van der Waals surface area contributed by atoms with Crippen LogP contribution in [0.15, 0.2) is 78.9 Å². The Labute approximate surface area is 219 Å². The van der Waals surface area contributed by atoms with Crippen molar-refractivity contribution < 1.29 is 14.3 Å². The summed E-state index contributed by atoms with van der Waals surface area (Å²) in [6.07, 6.45) is 3.18. The van der Waals surface area contributed by atoms with Gasteiger partial charge in [-0.25, -0.2) is 0 Å². The Morgan fingerprint density at radius 3 is 2.31 bits per heavy atom. The molecule has 5 nitrogen and oxygen atoms in total. The van der Waals surface area contributed by atoms with Crippen LogP contribution in [-0.4, -0.2) is 35.9 Å². The summed E-state index contributed by atoms with van der Waals surface area (Å²) in [7, 11) is 0. The lowest BCUT2D eigenvalue weighted by Gasteiger charge is -2.31. The fourth-order valence-electron chi connectivity index (χ4n) is 3.94. The molecular formula is C30H35ClN2O3. The third-order valence-corrected chi connectivity index (χ3v) is 6.27. The zero-order valence-electron chi connectivity index (χ0n) is 21.1. The molecule has 1 atom stereocenters. The van der Waals surface area contributed by atoms with Crippen LogP contribution in [0.1, 0.15) is 43.4 Å². The van der Waals surface area contributed by atoms with Gasteiger partial charge in [0.2, 0.25) is 5.91 Å². The van der Waals surface area contributed by atoms with E-state index in [9.17, 15) is 9.59 Å². The predicted molar refractivity (Wildman–Crippen MR) is 145 cm³/mol. The first-order valence-electron chi connectivity index (χ1n) is 12.6. The Bertz CT molecular complexity index is 1100. The number of halogens is 1. The van der Waals surface area contributed by atoms with E-state index >= 15 is 0 Å². The first-order chi connectivity index (χ1) is 17.5. The SMILES string of the molecule is CCCCNC(=O)[C@@H](Cc1ccccc1)N(Cc1cccc(Cl)c1)C(=O)COc1ccc(CC)cc1. The number of benzene rings is 3. The minimum Gasteiger partial charge on any atom is -0.484 e. The van der Waals surface area contributed by atoms with Gasteiger partial charge in [0, 0.05) is 24.5 Å². The number of nitrogens with zero attached hydrogens (tertiary/aromatic N) is 1. The molecule has 0 bridgehead atoms. The van der Waals surface area contributed by atoms with Crippen molar-refractivity contribution in [2.75, 3.05) is 13.2 Å². The van der Waals surface area contributed by atoms with E-state index in [0.717, 1.165) is 30.4 Å². The van der Waals surface area contributed by atoms with Crippen LogP contribution in [0.25, 0.3) is 0 Å². The molecule has 6 heteroatoms.